The highest BCUT2D eigenvalue weighted by Gasteiger charge is 2.09. The molecule has 1 N–H and O–H groups in total. The predicted octanol–water partition coefficient (Wildman–Crippen LogP) is 0.287. The van der Waals surface area contributed by atoms with Gasteiger partial charge in [-0.25, -0.2) is 0 Å². The zero-order chi connectivity index (χ0) is 7.40. The molecular weight excluding hydrogens is 126 g/mol. The van der Waals surface area contributed by atoms with Crippen LogP contribution in [0.2, 0.25) is 0 Å². The van der Waals surface area contributed by atoms with E-state index in [-0.39, 0.29) is 0 Å². The zero-order valence-corrected chi connectivity index (χ0v) is 6.72. The lowest BCUT2D eigenvalue weighted by molar-refractivity contribution is 0.534. The molecule has 0 atom stereocenters. The molecule has 0 saturated heterocycles. The van der Waals surface area contributed by atoms with Crippen LogP contribution in [0.25, 0.3) is 0 Å². The van der Waals surface area contributed by atoms with E-state index >= 15 is 0 Å². The summed E-state index contributed by atoms with van der Waals surface area (Å²) in [4.78, 5) is 6.43. The van der Waals surface area contributed by atoms with E-state index in [9.17, 15) is 0 Å². The van der Waals surface area contributed by atoms with Gasteiger partial charge in [-0.15, -0.1) is 0 Å². The van der Waals surface area contributed by atoms with Gasteiger partial charge in [-0.2, -0.15) is 0 Å². The van der Waals surface area contributed by atoms with Crippen LogP contribution in [0.1, 0.15) is 13.3 Å². The first-order chi connectivity index (χ1) is 4.84. The Balaban J connectivity index is 2.26. The SMILES string of the molecule is CCCNC1=NCCN1C. The number of nitrogens with zero attached hydrogens (tertiary/aromatic N) is 2. The molecule has 1 aliphatic heterocycles. The van der Waals surface area contributed by atoms with Crippen molar-refractivity contribution in [3.63, 3.8) is 0 Å². The number of nitrogens with one attached hydrogen (secondary N) is 1. The van der Waals surface area contributed by atoms with Crippen LogP contribution in [0.5, 0.6) is 0 Å². The van der Waals surface area contributed by atoms with Crippen molar-refractivity contribution >= 4 is 5.96 Å². The molecule has 1 heterocycles. The van der Waals surface area contributed by atoms with Gasteiger partial charge in [0.1, 0.15) is 0 Å². The third kappa shape index (κ3) is 1.62. The van der Waals surface area contributed by atoms with Crippen molar-refractivity contribution in [3.05, 3.63) is 0 Å². The molecule has 0 spiro atoms. The van der Waals surface area contributed by atoms with Crippen LogP contribution in [0.4, 0.5) is 0 Å². The summed E-state index contributed by atoms with van der Waals surface area (Å²) in [5.41, 5.74) is 0. The average molecular weight is 141 g/mol. The first-order valence-electron chi connectivity index (χ1n) is 3.84. The molecule has 0 aliphatic carbocycles. The molecule has 0 unspecified atom stereocenters. The smallest absolute Gasteiger partial charge is 0.193 e. The van der Waals surface area contributed by atoms with Crippen LogP contribution in [0, 0.1) is 0 Å². The van der Waals surface area contributed by atoms with Gasteiger partial charge in [0.2, 0.25) is 0 Å². The van der Waals surface area contributed by atoms with Gasteiger partial charge in [-0.3, -0.25) is 4.99 Å². The fourth-order valence-electron chi connectivity index (χ4n) is 0.960. The van der Waals surface area contributed by atoms with Crippen molar-refractivity contribution in [2.75, 3.05) is 26.7 Å². The minimum atomic E-state index is 0.947. The molecule has 3 heteroatoms. The molecule has 0 bridgehead atoms. The quantitative estimate of drug-likeness (QED) is 0.598. The number of aliphatic imine (C=N–C) groups is 1. The zero-order valence-electron chi connectivity index (χ0n) is 6.72. The fraction of sp³-hybridized carbons (Fsp3) is 0.857. The monoisotopic (exact) mass is 141 g/mol. The Bertz CT molecular complexity index is 131. The third-order valence-corrected chi connectivity index (χ3v) is 1.59. The number of rotatable bonds is 2. The first-order valence-corrected chi connectivity index (χ1v) is 3.84. The number of likely N-dealkylation sites (N-methyl/N-ethyl adjacent to an activating group) is 1. The Labute approximate surface area is 62.1 Å². The second-order valence-electron chi connectivity index (χ2n) is 2.55. The van der Waals surface area contributed by atoms with Crippen LogP contribution in [0.15, 0.2) is 4.99 Å². The van der Waals surface area contributed by atoms with Crippen molar-refractivity contribution < 1.29 is 0 Å². The van der Waals surface area contributed by atoms with Crippen LogP contribution in [0.3, 0.4) is 0 Å². The molecule has 0 aromatic heterocycles. The van der Waals surface area contributed by atoms with Gasteiger partial charge in [0.05, 0.1) is 6.54 Å². The Morgan fingerprint density at radius 3 is 3.00 bits per heavy atom. The van der Waals surface area contributed by atoms with Crippen LogP contribution < -0.4 is 5.32 Å². The van der Waals surface area contributed by atoms with E-state index < -0.39 is 0 Å². The van der Waals surface area contributed by atoms with Gasteiger partial charge in [0.25, 0.3) is 0 Å². The van der Waals surface area contributed by atoms with Crippen molar-refractivity contribution in [3.8, 4) is 0 Å². The second kappa shape index (κ2) is 3.44. The number of hydrogen-bond acceptors (Lipinski definition) is 3. The molecule has 0 saturated carbocycles. The highest BCUT2D eigenvalue weighted by molar-refractivity contribution is 5.81. The minimum Gasteiger partial charge on any atom is -0.356 e. The Kier molecular flexibility index (Phi) is 2.54. The van der Waals surface area contributed by atoms with E-state index in [2.05, 4.69) is 29.2 Å². The minimum absolute atomic E-state index is 0.947. The second-order valence-corrected chi connectivity index (χ2v) is 2.55. The first kappa shape index (κ1) is 7.38. The summed E-state index contributed by atoms with van der Waals surface area (Å²) in [6, 6.07) is 0. The molecule has 10 heavy (non-hydrogen) atoms. The molecule has 58 valence electrons. The van der Waals surface area contributed by atoms with Gasteiger partial charge in [0, 0.05) is 20.1 Å². The van der Waals surface area contributed by atoms with E-state index in [0.29, 0.717) is 0 Å². The maximum absolute atomic E-state index is 4.29. The van der Waals surface area contributed by atoms with Crippen molar-refractivity contribution in [1.82, 2.24) is 10.2 Å². The van der Waals surface area contributed by atoms with E-state index in [4.69, 9.17) is 0 Å². The van der Waals surface area contributed by atoms with Crippen molar-refractivity contribution in [2.45, 2.75) is 13.3 Å². The standard InChI is InChI=1S/C7H15N3/c1-3-4-8-7-9-5-6-10(7)2/h3-6H2,1-2H3,(H,8,9). The number of hydrogen-bond donors (Lipinski definition) is 1. The van der Waals surface area contributed by atoms with Crippen LogP contribution >= 0.6 is 0 Å². The lowest BCUT2D eigenvalue weighted by atomic mass is 10.5. The maximum Gasteiger partial charge on any atom is 0.193 e. The normalized spacial score (nSPS) is 17.4. The molecule has 1 rings (SSSR count). The summed E-state index contributed by atoms with van der Waals surface area (Å²) in [6.07, 6.45) is 1.16. The maximum atomic E-state index is 4.29. The Hall–Kier alpha value is -0.730. The van der Waals surface area contributed by atoms with Gasteiger partial charge in [-0.05, 0) is 6.42 Å². The lowest BCUT2D eigenvalue weighted by Crippen LogP contribution is -2.35. The lowest BCUT2D eigenvalue weighted by Gasteiger charge is -2.14. The van der Waals surface area contributed by atoms with Gasteiger partial charge >= 0.3 is 0 Å². The largest absolute Gasteiger partial charge is 0.356 e. The fourth-order valence-corrected chi connectivity index (χ4v) is 0.960. The summed E-state index contributed by atoms with van der Waals surface area (Å²) < 4.78 is 0. The van der Waals surface area contributed by atoms with Crippen molar-refractivity contribution in [1.29, 1.82) is 0 Å². The van der Waals surface area contributed by atoms with E-state index in [1.807, 2.05) is 0 Å². The van der Waals surface area contributed by atoms with E-state index in [0.717, 1.165) is 32.0 Å². The molecule has 0 fully saturated rings. The molecule has 0 amide bonds. The van der Waals surface area contributed by atoms with Gasteiger partial charge < -0.3 is 10.2 Å². The highest BCUT2D eigenvalue weighted by Crippen LogP contribution is 1.94. The molecule has 3 nitrogen and oxygen atoms in total. The molecular formula is C7H15N3. The molecule has 0 aromatic rings. The summed E-state index contributed by atoms with van der Waals surface area (Å²) in [5, 5.41) is 3.26. The summed E-state index contributed by atoms with van der Waals surface area (Å²) in [5.74, 6) is 1.06. The van der Waals surface area contributed by atoms with E-state index in [1.165, 1.54) is 0 Å². The van der Waals surface area contributed by atoms with E-state index in [1.54, 1.807) is 0 Å². The predicted molar refractivity (Wildman–Crippen MR) is 43.2 cm³/mol. The number of guanidine groups is 1. The topological polar surface area (TPSA) is 27.6 Å². The third-order valence-electron chi connectivity index (χ3n) is 1.59. The van der Waals surface area contributed by atoms with Gasteiger partial charge in [-0.1, -0.05) is 6.92 Å². The molecule has 0 radical (unpaired) electrons. The summed E-state index contributed by atoms with van der Waals surface area (Å²) in [7, 11) is 2.06. The molecule has 0 aromatic carbocycles. The summed E-state index contributed by atoms with van der Waals surface area (Å²) in [6.45, 7) is 5.19. The Morgan fingerprint density at radius 1 is 1.70 bits per heavy atom. The van der Waals surface area contributed by atoms with Gasteiger partial charge in [0.15, 0.2) is 5.96 Å². The Morgan fingerprint density at radius 2 is 2.50 bits per heavy atom. The molecule has 1 aliphatic rings. The van der Waals surface area contributed by atoms with Crippen LogP contribution in [-0.4, -0.2) is 37.5 Å². The summed E-state index contributed by atoms with van der Waals surface area (Å²) >= 11 is 0. The van der Waals surface area contributed by atoms with Crippen molar-refractivity contribution in [2.24, 2.45) is 4.99 Å². The average Bonchev–Trinajstić information content (AvgIpc) is 2.31. The highest BCUT2D eigenvalue weighted by atomic mass is 15.3. The van der Waals surface area contributed by atoms with Crippen LogP contribution in [-0.2, 0) is 0 Å².